The summed E-state index contributed by atoms with van der Waals surface area (Å²) < 4.78 is 10.2. The van der Waals surface area contributed by atoms with Crippen molar-refractivity contribution < 1.29 is 4.74 Å². The monoisotopic (exact) mass is 369 g/mol. The van der Waals surface area contributed by atoms with Crippen molar-refractivity contribution in [2.24, 2.45) is 7.05 Å². The predicted molar refractivity (Wildman–Crippen MR) is 104 cm³/mol. The molecule has 3 aromatic rings. The number of ether oxygens (including phenoxy) is 1. The zero-order valence-electron chi connectivity index (χ0n) is 16.0. The van der Waals surface area contributed by atoms with E-state index in [1.165, 1.54) is 9.13 Å². The summed E-state index contributed by atoms with van der Waals surface area (Å²) in [4.78, 5) is 32.2. The summed E-state index contributed by atoms with van der Waals surface area (Å²) in [6.07, 6.45) is 0.717. The second kappa shape index (κ2) is 6.29. The lowest BCUT2D eigenvalue weighted by atomic mass is 10.2. The molecule has 0 fully saturated rings. The molecular formula is C19H23N5O3. The molecule has 8 nitrogen and oxygen atoms in total. The maximum atomic E-state index is 13.0. The topological polar surface area (TPSA) is 74.3 Å². The molecule has 0 radical (unpaired) electrons. The minimum Gasteiger partial charge on any atom is -0.495 e. The molecular weight excluding hydrogens is 346 g/mol. The first kappa shape index (κ1) is 17.4. The van der Waals surface area contributed by atoms with E-state index in [4.69, 9.17) is 4.74 Å². The Morgan fingerprint density at radius 3 is 2.70 bits per heavy atom. The zero-order chi connectivity index (χ0) is 19.3. The van der Waals surface area contributed by atoms with Crippen molar-refractivity contribution in [2.45, 2.75) is 33.4 Å². The fraction of sp³-hybridized carbons (Fsp3) is 0.421. The van der Waals surface area contributed by atoms with Crippen LogP contribution >= 0.6 is 0 Å². The van der Waals surface area contributed by atoms with Gasteiger partial charge in [-0.15, -0.1) is 0 Å². The molecule has 1 aliphatic rings. The van der Waals surface area contributed by atoms with E-state index < -0.39 is 0 Å². The molecule has 0 atom stereocenters. The molecule has 0 amide bonds. The molecule has 4 rings (SSSR count). The summed E-state index contributed by atoms with van der Waals surface area (Å²) >= 11 is 0. The van der Waals surface area contributed by atoms with Crippen LogP contribution < -0.4 is 20.9 Å². The number of anilines is 2. The number of hydrogen-bond acceptors (Lipinski definition) is 5. The molecule has 1 aromatic carbocycles. The van der Waals surface area contributed by atoms with Gasteiger partial charge in [0.05, 0.1) is 12.8 Å². The van der Waals surface area contributed by atoms with Gasteiger partial charge in [-0.1, -0.05) is 13.0 Å². The van der Waals surface area contributed by atoms with Crippen LogP contribution in [0.1, 0.15) is 18.9 Å². The third kappa shape index (κ3) is 2.47. The molecule has 1 aliphatic heterocycles. The Morgan fingerprint density at radius 1 is 1.22 bits per heavy atom. The van der Waals surface area contributed by atoms with Crippen LogP contribution in [0.2, 0.25) is 0 Å². The van der Waals surface area contributed by atoms with Gasteiger partial charge in [-0.3, -0.25) is 13.9 Å². The van der Waals surface area contributed by atoms with Crippen molar-refractivity contribution in [2.75, 3.05) is 18.6 Å². The van der Waals surface area contributed by atoms with Crippen molar-refractivity contribution in [1.82, 2.24) is 18.7 Å². The Morgan fingerprint density at radius 2 is 2.00 bits per heavy atom. The van der Waals surface area contributed by atoms with Gasteiger partial charge >= 0.3 is 5.69 Å². The average Bonchev–Trinajstić information content (AvgIpc) is 3.22. The van der Waals surface area contributed by atoms with Gasteiger partial charge in [-0.25, -0.2) is 4.79 Å². The lowest BCUT2D eigenvalue weighted by Crippen LogP contribution is -2.39. The summed E-state index contributed by atoms with van der Waals surface area (Å²) in [5.41, 5.74) is 2.32. The van der Waals surface area contributed by atoms with Gasteiger partial charge in [-0.05, 0) is 31.0 Å². The summed E-state index contributed by atoms with van der Waals surface area (Å²) in [6.45, 7) is 5.69. The van der Waals surface area contributed by atoms with E-state index in [0.717, 1.165) is 17.0 Å². The molecule has 0 aliphatic carbocycles. The Kier molecular flexibility index (Phi) is 4.05. The van der Waals surface area contributed by atoms with Gasteiger partial charge < -0.3 is 14.2 Å². The number of methoxy groups -OCH3 is 1. The zero-order valence-corrected chi connectivity index (χ0v) is 16.0. The van der Waals surface area contributed by atoms with Gasteiger partial charge in [-0.2, -0.15) is 4.98 Å². The van der Waals surface area contributed by atoms with E-state index in [2.05, 4.69) is 4.98 Å². The Bertz CT molecular complexity index is 1150. The van der Waals surface area contributed by atoms with E-state index in [0.29, 0.717) is 43.2 Å². The van der Waals surface area contributed by atoms with Crippen LogP contribution in [-0.2, 0) is 20.1 Å². The van der Waals surface area contributed by atoms with Crippen LogP contribution in [0, 0.1) is 6.92 Å². The second-order valence-electron chi connectivity index (χ2n) is 6.86. The smallest absolute Gasteiger partial charge is 0.332 e. The highest BCUT2D eigenvalue weighted by Gasteiger charge is 2.30. The molecule has 0 N–H and O–H groups in total. The molecule has 8 heteroatoms. The number of nitrogens with zero attached hydrogens (tertiary/aromatic N) is 5. The highest BCUT2D eigenvalue weighted by molar-refractivity contribution is 5.79. The number of imidazole rings is 1. The first-order valence-corrected chi connectivity index (χ1v) is 9.10. The van der Waals surface area contributed by atoms with Crippen LogP contribution in [0.15, 0.2) is 27.8 Å². The fourth-order valence-electron chi connectivity index (χ4n) is 3.74. The maximum Gasteiger partial charge on any atom is 0.332 e. The van der Waals surface area contributed by atoms with Crippen molar-refractivity contribution in [1.29, 1.82) is 0 Å². The van der Waals surface area contributed by atoms with Crippen molar-refractivity contribution in [3.8, 4) is 5.75 Å². The van der Waals surface area contributed by atoms with Crippen molar-refractivity contribution in [3.05, 3.63) is 44.6 Å². The Labute approximate surface area is 156 Å². The maximum absolute atomic E-state index is 13.0. The van der Waals surface area contributed by atoms with Gasteiger partial charge in [0.1, 0.15) is 5.75 Å². The lowest BCUT2D eigenvalue weighted by Gasteiger charge is -2.19. The van der Waals surface area contributed by atoms with E-state index >= 15 is 0 Å². The molecule has 2 aromatic heterocycles. The molecule has 0 spiro atoms. The molecule has 27 heavy (non-hydrogen) atoms. The Hall–Kier alpha value is -3.03. The van der Waals surface area contributed by atoms with Crippen LogP contribution in [0.3, 0.4) is 0 Å². The highest BCUT2D eigenvalue weighted by Crippen LogP contribution is 2.37. The lowest BCUT2D eigenvalue weighted by molar-refractivity contribution is 0.415. The largest absolute Gasteiger partial charge is 0.495 e. The van der Waals surface area contributed by atoms with Crippen LogP contribution in [0.25, 0.3) is 11.2 Å². The van der Waals surface area contributed by atoms with Crippen LogP contribution in [-0.4, -0.2) is 32.3 Å². The SMILES string of the molecule is CCCn1c(=O)c2c(nc3n2CCN3c2cc(C)ccc2OC)n(C)c1=O. The number of fused-ring (bicyclic) bond motifs is 3. The van der Waals surface area contributed by atoms with E-state index in [9.17, 15) is 9.59 Å². The summed E-state index contributed by atoms with van der Waals surface area (Å²) in [5.74, 6) is 1.41. The number of aryl methyl sites for hydroxylation is 2. The minimum absolute atomic E-state index is 0.272. The summed E-state index contributed by atoms with van der Waals surface area (Å²) in [7, 11) is 3.30. The molecule has 142 valence electrons. The van der Waals surface area contributed by atoms with Crippen LogP contribution in [0.5, 0.6) is 5.75 Å². The first-order chi connectivity index (χ1) is 13.0. The van der Waals surface area contributed by atoms with Crippen LogP contribution in [0.4, 0.5) is 11.6 Å². The molecule has 3 heterocycles. The fourth-order valence-corrected chi connectivity index (χ4v) is 3.74. The van der Waals surface area contributed by atoms with Gasteiger partial charge in [0.15, 0.2) is 11.2 Å². The van der Waals surface area contributed by atoms with E-state index in [1.54, 1.807) is 14.2 Å². The van der Waals surface area contributed by atoms with Gasteiger partial charge in [0.2, 0.25) is 5.95 Å². The molecule has 0 saturated carbocycles. The summed E-state index contributed by atoms with van der Waals surface area (Å²) in [6, 6.07) is 5.97. The summed E-state index contributed by atoms with van der Waals surface area (Å²) in [5, 5.41) is 0. The third-order valence-corrected chi connectivity index (χ3v) is 5.07. The number of benzene rings is 1. The second-order valence-corrected chi connectivity index (χ2v) is 6.86. The number of rotatable bonds is 4. The molecule has 0 unspecified atom stereocenters. The third-order valence-electron chi connectivity index (χ3n) is 5.07. The number of hydrogen-bond donors (Lipinski definition) is 0. The average molecular weight is 369 g/mol. The van der Waals surface area contributed by atoms with Gasteiger partial charge in [0, 0.05) is 26.7 Å². The van der Waals surface area contributed by atoms with Crippen molar-refractivity contribution in [3.63, 3.8) is 0 Å². The molecule has 0 bridgehead atoms. The quantitative estimate of drug-likeness (QED) is 0.701. The minimum atomic E-state index is -0.328. The van der Waals surface area contributed by atoms with E-state index in [-0.39, 0.29) is 11.2 Å². The standard InChI is InChI=1S/C19H23N5O3/c1-5-8-24-17(25)15-16(21(3)19(24)26)20-18-22(9-10-23(15)18)13-11-12(2)6-7-14(13)27-4/h6-7,11H,5,8-10H2,1-4H3. The first-order valence-electron chi connectivity index (χ1n) is 9.10. The van der Waals surface area contributed by atoms with Crippen molar-refractivity contribution >= 4 is 22.8 Å². The predicted octanol–water partition coefficient (Wildman–Crippen LogP) is 1.78. The Balaban J connectivity index is 1.97. The normalized spacial score (nSPS) is 13.4. The number of aromatic nitrogens is 4. The highest BCUT2D eigenvalue weighted by atomic mass is 16.5. The van der Waals surface area contributed by atoms with E-state index in [1.807, 2.05) is 41.5 Å². The van der Waals surface area contributed by atoms with Gasteiger partial charge in [0.25, 0.3) is 5.56 Å². The molecule has 0 saturated heterocycles.